The molecule has 226 valence electrons. The predicted molar refractivity (Wildman–Crippen MR) is 175 cm³/mol. The molecule has 10 nitrogen and oxygen atoms in total. The Morgan fingerprint density at radius 3 is 2.33 bits per heavy atom. The van der Waals surface area contributed by atoms with E-state index in [9.17, 15) is 25.0 Å². The van der Waals surface area contributed by atoms with Crippen LogP contribution in [-0.4, -0.2) is 31.5 Å². The molecule has 4 aromatic carbocycles. The number of nitro groups is 2. The summed E-state index contributed by atoms with van der Waals surface area (Å²) in [4.78, 5) is 41.9. The van der Waals surface area contributed by atoms with Gasteiger partial charge in [-0.05, 0) is 54.2 Å². The van der Waals surface area contributed by atoms with Gasteiger partial charge >= 0.3 is 0 Å². The summed E-state index contributed by atoms with van der Waals surface area (Å²) in [7, 11) is 0. The minimum absolute atomic E-state index is 0.0138. The zero-order chi connectivity index (χ0) is 31.8. The largest absolute Gasteiger partial charge is 0.275 e. The van der Waals surface area contributed by atoms with Gasteiger partial charge in [0.15, 0.2) is 0 Å². The number of rotatable bonds is 6. The smallest absolute Gasteiger partial charge is 0.267 e. The predicted octanol–water partition coefficient (Wildman–Crippen LogP) is 8.16. The summed E-state index contributed by atoms with van der Waals surface area (Å²) in [5.74, 6) is -0.574. The number of nitro benzene ring substituents is 2. The minimum atomic E-state index is -0.594. The van der Waals surface area contributed by atoms with E-state index in [1.165, 1.54) is 29.3 Å². The monoisotopic (exact) mass is 609 g/mol. The Bertz CT molecular complexity index is 2090. The number of carbonyl (C=O) groups excluding carboxylic acids is 1. The third-order valence-corrected chi connectivity index (χ3v) is 8.57. The molecule has 0 spiro atoms. The molecule has 0 saturated heterocycles. The number of amides is 1. The average Bonchev–Trinajstić information content (AvgIpc) is 3.49. The molecule has 1 aromatic heterocycles. The molecule has 46 heavy (non-hydrogen) atoms. The molecule has 1 amide bonds. The van der Waals surface area contributed by atoms with Gasteiger partial charge in [0.25, 0.3) is 17.3 Å². The molecular formula is C36H27N5O5. The normalized spacial score (nSPS) is 18.3. The second-order valence-corrected chi connectivity index (χ2v) is 11.4. The Morgan fingerprint density at radius 2 is 1.54 bits per heavy atom. The Balaban J connectivity index is 1.38. The number of allylic oxidation sites excluding steroid dienone is 1. The van der Waals surface area contributed by atoms with Crippen molar-refractivity contribution in [1.29, 1.82) is 0 Å². The lowest BCUT2D eigenvalue weighted by Crippen LogP contribution is -2.32. The van der Waals surface area contributed by atoms with Crippen molar-refractivity contribution in [2.75, 3.05) is 0 Å². The minimum Gasteiger partial charge on any atom is -0.267 e. The van der Waals surface area contributed by atoms with E-state index in [0.717, 1.165) is 17.6 Å². The van der Waals surface area contributed by atoms with Crippen molar-refractivity contribution in [3.63, 3.8) is 0 Å². The molecule has 1 fully saturated rings. The lowest BCUT2D eigenvalue weighted by molar-refractivity contribution is -0.385. The number of hydrogen-bond donors (Lipinski definition) is 0. The Hall–Kier alpha value is -6.03. The van der Waals surface area contributed by atoms with Crippen molar-refractivity contribution in [3.05, 3.63) is 152 Å². The highest BCUT2D eigenvalue weighted by molar-refractivity contribution is 6.12. The lowest BCUT2D eigenvalue weighted by atomic mass is 9.77. The van der Waals surface area contributed by atoms with E-state index in [0.29, 0.717) is 51.8 Å². The first-order valence-electron chi connectivity index (χ1n) is 14.9. The number of fused-ring (bicyclic) bond motifs is 2. The molecule has 0 unspecified atom stereocenters. The highest BCUT2D eigenvalue weighted by Gasteiger charge is 2.44. The van der Waals surface area contributed by atoms with E-state index in [4.69, 9.17) is 10.1 Å². The third-order valence-electron chi connectivity index (χ3n) is 8.57. The van der Waals surface area contributed by atoms with Crippen LogP contribution >= 0.6 is 0 Å². The summed E-state index contributed by atoms with van der Waals surface area (Å²) in [5.41, 5.74) is 5.38. The number of hydrazone groups is 1. The summed E-state index contributed by atoms with van der Waals surface area (Å²) < 4.78 is 0. The zero-order valence-electron chi connectivity index (χ0n) is 24.5. The van der Waals surface area contributed by atoms with Gasteiger partial charge in [0.1, 0.15) is 0 Å². The van der Waals surface area contributed by atoms with E-state index >= 15 is 0 Å². The van der Waals surface area contributed by atoms with Crippen molar-refractivity contribution in [1.82, 2.24) is 9.99 Å². The fourth-order valence-corrected chi connectivity index (χ4v) is 6.49. The first-order chi connectivity index (χ1) is 22.4. The number of non-ortho nitro benzene ring substituents is 2. The van der Waals surface area contributed by atoms with Crippen LogP contribution in [0.4, 0.5) is 11.4 Å². The first-order valence-corrected chi connectivity index (χ1v) is 14.9. The summed E-state index contributed by atoms with van der Waals surface area (Å²) in [5, 5.41) is 30.3. The molecule has 5 aromatic rings. The Labute approximate surface area is 263 Å². The van der Waals surface area contributed by atoms with Gasteiger partial charge < -0.3 is 0 Å². The van der Waals surface area contributed by atoms with E-state index in [2.05, 4.69) is 0 Å². The van der Waals surface area contributed by atoms with Gasteiger partial charge in [0.2, 0.25) is 0 Å². The molecule has 0 N–H and O–H groups in total. The van der Waals surface area contributed by atoms with Crippen molar-refractivity contribution in [2.45, 2.75) is 25.3 Å². The van der Waals surface area contributed by atoms with E-state index in [-0.39, 0.29) is 23.2 Å². The van der Waals surface area contributed by atoms with Crippen molar-refractivity contribution in [3.8, 4) is 11.3 Å². The van der Waals surface area contributed by atoms with Crippen LogP contribution in [0.25, 0.3) is 28.2 Å². The standard InChI is InChI=1S/C36H27N5O5/c42-36(31-22-33(24-10-2-1-3-11-24)37-32-18-5-4-16-29(31)32)39-35(26-13-7-15-28(21-26)41(45)46)30-17-8-12-25(34(30)38-39)19-23-9-6-14-27(20-23)40(43)44/h1-7,9-11,13-16,18-22,30,35H,8,12,17H2/b25-19+/t30-,35+/m0/s1. The molecule has 1 aliphatic carbocycles. The van der Waals surface area contributed by atoms with Crippen LogP contribution in [0.1, 0.15) is 46.8 Å². The van der Waals surface area contributed by atoms with E-state index < -0.39 is 15.9 Å². The van der Waals surface area contributed by atoms with E-state index in [1.54, 1.807) is 30.3 Å². The summed E-state index contributed by atoms with van der Waals surface area (Å²) >= 11 is 0. The topological polar surface area (TPSA) is 132 Å². The fourth-order valence-electron chi connectivity index (χ4n) is 6.49. The number of nitrogens with zero attached hydrogens (tertiary/aromatic N) is 5. The quantitative estimate of drug-likeness (QED) is 0.141. The molecule has 0 bridgehead atoms. The third kappa shape index (κ3) is 5.30. The van der Waals surface area contributed by atoms with Crippen LogP contribution in [0.15, 0.2) is 120 Å². The number of para-hydroxylation sites is 1. The number of carbonyl (C=O) groups is 1. The summed E-state index contributed by atoms with van der Waals surface area (Å²) in [6.45, 7) is 0. The first kappa shape index (κ1) is 28.7. The molecule has 1 aliphatic heterocycles. The number of benzene rings is 4. The van der Waals surface area contributed by atoms with Gasteiger partial charge in [0.05, 0.1) is 38.4 Å². The van der Waals surface area contributed by atoms with Crippen molar-refractivity contribution < 1.29 is 14.6 Å². The highest BCUT2D eigenvalue weighted by atomic mass is 16.6. The second-order valence-electron chi connectivity index (χ2n) is 11.4. The molecule has 7 rings (SSSR count). The van der Waals surface area contributed by atoms with Crippen LogP contribution in [0.5, 0.6) is 0 Å². The maximum Gasteiger partial charge on any atom is 0.275 e. The van der Waals surface area contributed by atoms with Crippen LogP contribution < -0.4 is 0 Å². The van der Waals surface area contributed by atoms with Crippen molar-refractivity contribution >= 4 is 40.0 Å². The van der Waals surface area contributed by atoms with Crippen LogP contribution in [-0.2, 0) is 0 Å². The number of aromatic nitrogens is 1. The van der Waals surface area contributed by atoms with E-state index in [1.807, 2.05) is 60.7 Å². The van der Waals surface area contributed by atoms with Gasteiger partial charge in [-0.1, -0.05) is 72.8 Å². The number of pyridine rings is 1. The SMILES string of the molecule is O=C(c1cc(-c2ccccc2)nc2ccccc12)N1N=C2/C(=C/c3cccc([N+](=O)[O-])c3)CCC[C@@H]2[C@H]1c1cccc([N+](=O)[O-])c1. The van der Waals surface area contributed by atoms with Crippen LogP contribution in [0, 0.1) is 26.1 Å². The maximum atomic E-state index is 14.7. The van der Waals surface area contributed by atoms with Gasteiger partial charge in [-0.3, -0.25) is 25.0 Å². The number of hydrogen-bond acceptors (Lipinski definition) is 7. The Kier molecular flexibility index (Phi) is 7.38. The zero-order valence-corrected chi connectivity index (χ0v) is 24.5. The Morgan fingerprint density at radius 1 is 0.826 bits per heavy atom. The molecule has 2 atom stereocenters. The molecule has 2 aliphatic rings. The van der Waals surface area contributed by atoms with Gasteiger partial charge in [-0.15, -0.1) is 0 Å². The average molecular weight is 610 g/mol. The highest BCUT2D eigenvalue weighted by Crippen LogP contribution is 2.46. The second kappa shape index (κ2) is 11.8. The lowest BCUT2D eigenvalue weighted by Gasteiger charge is -2.29. The maximum absolute atomic E-state index is 14.7. The molecule has 2 heterocycles. The molecule has 1 saturated carbocycles. The van der Waals surface area contributed by atoms with Gasteiger partial charge in [-0.25, -0.2) is 9.99 Å². The van der Waals surface area contributed by atoms with Crippen molar-refractivity contribution in [2.24, 2.45) is 11.0 Å². The fraction of sp³-hybridized carbons (Fsp3) is 0.139. The van der Waals surface area contributed by atoms with Gasteiger partial charge in [0, 0.05) is 41.1 Å². The summed E-state index contributed by atoms with van der Waals surface area (Å²) in [6.07, 6.45) is 4.09. The summed E-state index contributed by atoms with van der Waals surface area (Å²) in [6, 6.07) is 31.1. The molecule has 10 heteroatoms. The van der Waals surface area contributed by atoms with Crippen LogP contribution in [0.3, 0.4) is 0 Å². The molecular weight excluding hydrogens is 582 g/mol. The molecule has 0 radical (unpaired) electrons. The van der Waals surface area contributed by atoms with Gasteiger partial charge in [-0.2, -0.15) is 5.10 Å². The van der Waals surface area contributed by atoms with Crippen LogP contribution in [0.2, 0.25) is 0 Å².